The number of rotatable bonds is 8. The number of unbranched alkanes of at least 4 members (excludes halogenated alkanes) is 2. The molecule has 1 amide bonds. The van der Waals surface area contributed by atoms with Crippen LogP contribution in [0.5, 0.6) is 0 Å². The predicted octanol–water partition coefficient (Wildman–Crippen LogP) is 1.90. The van der Waals surface area contributed by atoms with Gasteiger partial charge in [-0.25, -0.2) is 14.0 Å². The maximum absolute atomic E-state index is 14.5. The molecule has 2 rings (SSSR count). The van der Waals surface area contributed by atoms with Gasteiger partial charge in [0.05, 0.1) is 18.9 Å². The Morgan fingerprint density at radius 1 is 1.19 bits per heavy atom. The summed E-state index contributed by atoms with van der Waals surface area (Å²) < 4.78 is 36.1. The van der Waals surface area contributed by atoms with Gasteiger partial charge in [0.2, 0.25) is 0 Å². The van der Waals surface area contributed by atoms with Crippen molar-refractivity contribution in [2.45, 2.75) is 71.5 Å². The first kappa shape index (κ1) is 24.3. The van der Waals surface area contributed by atoms with E-state index in [2.05, 4.69) is 10.3 Å². The minimum absolute atomic E-state index is 0.147. The van der Waals surface area contributed by atoms with E-state index < -0.39 is 59.9 Å². The Kier molecular flexibility index (Phi) is 8.48. The van der Waals surface area contributed by atoms with Crippen molar-refractivity contribution in [2.24, 2.45) is 0 Å². The van der Waals surface area contributed by atoms with E-state index in [4.69, 9.17) is 18.9 Å². The monoisotopic (exact) mass is 443 g/mol. The molecule has 0 aromatic carbocycles. The molecular weight excluding hydrogens is 417 g/mol. The lowest BCUT2D eigenvalue weighted by Crippen LogP contribution is -2.40. The van der Waals surface area contributed by atoms with E-state index in [1.54, 1.807) is 6.92 Å². The molecule has 0 spiro atoms. The number of anilines is 1. The molecule has 1 aromatic rings. The molecule has 1 aromatic heterocycles. The number of esters is 2. The van der Waals surface area contributed by atoms with E-state index in [-0.39, 0.29) is 6.61 Å². The fourth-order valence-corrected chi connectivity index (χ4v) is 3.06. The highest BCUT2D eigenvalue weighted by Gasteiger charge is 2.48. The van der Waals surface area contributed by atoms with Gasteiger partial charge >= 0.3 is 23.7 Å². The second kappa shape index (κ2) is 10.8. The second-order valence-electron chi connectivity index (χ2n) is 6.98. The SMILES string of the molecule is CCCCCOC(=O)Nc1nc(=O)n([C@@H]2O[C@H](C)[C@@H](OC(C)=O)[C@H]2OC(C)=O)cc1F. The maximum atomic E-state index is 14.5. The highest BCUT2D eigenvalue weighted by atomic mass is 19.1. The van der Waals surface area contributed by atoms with E-state index in [1.165, 1.54) is 6.92 Å². The van der Waals surface area contributed by atoms with Crippen molar-refractivity contribution >= 4 is 23.8 Å². The van der Waals surface area contributed by atoms with E-state index in [0.29, 0.717) is 6.42 Å². The molecule has 1 fully saturated rings. The van der Waals surface area contributed by atoms with Crippen molar-refractivity contribution < 1.29 is 37.7 Å². The fraction of sp³-hybridized carbons (Fsp3) is 0.632. The van der Waals surface area contributed by atoms with Gasteiger partial charge in [-0.3, -0.25) is 19.5 Å². The zero-order valence-corrected chi connectivity index (χ0v) is 17.8. The van der Waals surface area contributed by atoms with E-state index in [1.807, 2.05) is 6.92 Å². The van der Waals surface area contributed by atoms with Crippen molar-refractivity contribution in [3.63, 3.8) is 0 Å². The summed E-state index contributed by atoms with van der Waals surface area (Å²) >= 11 is 0. The van der Waals surface area contributed by atoms with Crippen molar-refractivity contribution in [1.82, 2.24) is 9.55 Å². The molecule has 1 aliphatic rings. The molecule has 1 N–H and O–H groups in total. The number of nitrogens with one attached hydrogen (secondary N) is 1. The van der Waals surface area contributed by atoms with Crippen molar-refractivity contribution in [3.05, 3.63) is 22.5 Å². The molecule has 31 heavy (non-hydrogen) atoms. The number of hydrogen-bond donors (Lipinski definition) is 1. The third-order valence-electron chi connectivity index (χ3n) is 4.41. The van der Waals surface area contributed by atoms with Crippen molar-refractivity contribution in [3.8, 4) is 0 Å². The van der Waals surface area contributed by atoms with Gasteiger partial charge < -0.3 is 18.9 Å². The van der Waals surface area contributed by atoms with Crippen LogP contribution in [0, 0.1) is 5.82 Å². The number of carbonyl (C=O) groups is 3. The van der Waals surface area contributed by atoms with Crippen LogP contribution in [0.15, 0.2) is 11.0 Å². The van der Waals surface area contributed by atoms with Crippen molar-refractivity contribution in [1.29, 1.82) is 0 Å². The first-order valence-corrected chi connectivity index (χ1v) is 9.86. The van der Waals surface area contributed by atoms with Gasteiger partial charge in [0.25, 0.3) is 0 Å². The van der Waals surface area contributed by atoms with E-state index in [0.717, 1.165) is 30.5 Å². The molecule has 11 nitrogen and oxygen atoms in total. The molecule has 2 heterocycles. The lowest BCUT2D eigenvalue weighted by atomic mass is 10.1. The predicted molar refractivity (Wildman–Crippen MR) is 104 cm³/mol. The first-order chi connectivity index (χ1) is 14.6. The smallest absolute Gasteiger partial charge is 0.412 e. The standard InChI is InChI=1S/C19H26FN3O8/c1-5-6-7-8-28-19(27)22-16-13(20)9-23(18(26)21-16)17-15(31-12(4)25)14(10(2)29-17)30-11(3)24/h9-10,14-15,17H,5-8H2,1-4H3,(H,21,22,26,27)/t10-,14-,15-,17-/m1/s1. The number of amides is 1. The zero-order chi connectivity index (χ0) is 23.1. The Morgan fingerprint density at radius 2 is 1.84 bits per heavy atom. The molecule has 4 atom stereocenters. The fourth-order valence-electron chi connectivity index (χ4n) is 3.06. The summed E-state index contributed by atoms with van der Waals surface area (Å²) in [5, 5.41) is 2.08. The minimum Gasteiger partial charge on any atom is -0.456 e. The summed E-state index contributed by atoms with van der Waals surface area (Å²) in [6.07, 6.45) is -2.02. The van der Waals surface area contributed by atoms with E-state index >= 15 is 0 Å². The zero-order valence-electron chi connectivity index (χ0n) is 17.8. The van der Waals surface area contributed by atoms with Gasteiger partial charge in [-0.05, 0) is 13.3 Å². The van der Waals surface area contributed by atoms with Crippen LogP contribution in [0.25, 0.3) is 0 Å². The van der Waals surface area contributed by atoms with Gasteiger partial charge in [-0.2, -0.15) is 4.98 Å². The summed E-state index contributed by atoms with van der Waals surface area (Å²) in [6, 6.07) is 0. The normalized spacial score (nSPS) is 22.6. The Morgan fingerprint density at radius 3 is 2.45 bits per heavy atom. The Labute approximate surface area is 177 Å². The highest BCUT2D eigenvalue weighted by Crippen LogP contribution is 2.33. The van der Waals surface area contributed by atoms with Crippen LogP contribution in [-0.4, -0.2) is 52.5 Å². The number of nitrogens with zero attached hydrogens (tertiary/aromatic N) is 2. The van der Waals surface area contributed by atoms with Crippen LogP contribution >= 0.6 is 0 Å². The summed E-state index contributed by atoms with van der Waals surface area (Å²) in [5.41, 5.74) is -0.986. The summed E-state index contributed by atoms with van der Waals surface area (Å²) in [4.78, 5) is 50.7. The third kappa shape index (κ3) is 6.48. The van der Waals surface area contributed by atoms with Crippen LogP contribution in [-0.2, 0) is 28.5 Å². The average molecular weight is 443 g/mol. The third-order valence-corrected chi connectivity index (χ3v) is 4.41. The van der Waals surface area contributed by atoms with Gasteiger partial charge in [0, 0.05) is 13.8 Å². The largest absolute Gasteiger partial charge is 0.456 e. The minimum atomic E-state index is -1.30. The highest BCUT2D eigenvalue weighted by molar-refractivity contribution is 5.83. The number of carbonyl (C=O) groups excluding carboxylic acids is 3. The number of aromatic nitrogens is 2. The van der Waals surface area contributed by atoms with E-state index in [9.17, 15) is 23.6 Å². The van der Waals surface area contributed by atoms with Crippen molar-refractivity contribution in [2.75, 3.05) is 11.9 Å². The molecule has 0 radical (unpaired) electrons. The summed E-state index contributed by atoms with van der Waals surface area (Å²) in [6.45, 7) is 5.98. The molecule has 1 aliphatic heterocycles. The van der Waals surface area contributed by atoms with Gasteiger partial charge in [0.1, 0.15) is 0 Å². The number of halogens is 1. The molecule has 0 unspecified atom stereocenters. The molecule has 0 aliphatic carbocycles. The molecular formula is C19H26FN3O8. The van der Waals surface area contributed by atoms with Crippen LogP contribution in [0.3, 0.4) is 0 Å². The lowest BCUT2D eigenvalue weighted by molar-refractivity contribution is -0.165. The van der Waals surface area contributed by atoms with Crippen LogP contribution in [0.2, 0.25) is 0 Å². The topological polar surface area (TPSA) is 135 Å². The quantitative estimate of drug-likeness (QED) is 0.363. The summed E-state index contributed by atoms with van der Waals surface area (Å²) in [7, 11) is 0. The Hall–Kier alpha value is -3.02. The lowest BCUT2D eigenvalue weighted by Gasteiger charge is -2.23. The van der Waals surface area contributed by atoms with Crippen LogP contribution in [0.4, 0.5) is 15.0 Å². The van der Waals surface area contributed by atoms with Gasteiger partial charge in [0.15, 0.2) is 30.1 Å². The molecule has 0 saturated carbocycles. The average Bonchev–Trinajstić information content (AvgIpc) is 2.96. The molecule has 1 saturated heterocycles. The molecule has 12 heteroatoms. The van der Waals surface area contributed by atoms with Crippen LogP contribution in [0.1, 0.15) is 53.2 Å². The maximum Gasteiger partial charge on any atom is 0.412 e. The first-order valence-electron chi connectivity index (χ1n) is 9.86. The Balaban J connectivity index is 2.22. The molecule has 172 valence electrons. The Bertz CT molecular complexity index is 874. The van der Waals surface area contributed by atoms with Gasteiger partial charge in [-0.15, -0.1) is 0 Å². The number of hydrogen-bond acceptors (Lipinski definition) is 9. The second-order valence-corrected chi connectivity index (χ2v) is 6.98. The van der Waals surface area contributed by atoms with Crippen LogP contribution < -0.4 is 11.0 Å². The summed E-state index contributed by atoms with van der Waals surface area (Å²) in [5.74, 6) is -3.02. The number of ether oxygens (including phenoxy) is 4. The van der Waals surface area contributed by atoms with Gasteiger partial charge in [-0.1, -0.05) is 19.8 Å². The molecule has 0 bridgehead atoms.